The number of aromatic nitrogens is 3. The van der Waals surface area contributed by atoms with E-state index in [-0.39, 0.29) is 0 Å². The number of hydrogen-bond acceptors (Lipinski definition) is 4. The van der Waals surface area contributed by atoms with E-state index in [2.05, 4.69) is 38.5 Å². The molecule has 0 saturated carbocycles. The van der Waals surface area contributed by atoms with Crippen molar-refractivity contribution in [3.63, 3.8) is 0 Å². The second-order valence-corrected chi connectivity index (χ2v) is 7.39. The number of nitrogens with zero attached hydrogens (tertiary/aromatic N) is 2. The van der Waals surface area contributed by atoms with Crippen LogP contribution in [0.3, 0.4) is 0 Å². The van der Waals surface area contributed by atoms with Gasteiger partial charge in [0.05, 0.1) is 20.9 Å². The molecule has 126 valence electrons. The van der Waals surface area contributed by atoms with Gasteiger partial charge in [0.1, 0.15) is 6.33 Å². The van der Waals surface area contributed by atoms with Gasteiger partial charge >= 0.3 is 0 Å². The lowest BCUT2D eigenvalue weighted by Gasteiger charge is -2.08. The minimum Gasteiger partial charge on any atom is -0.361 e. The number of thiophene rings is 1. The summed E-state index contributed by atoms with van der Waals surface area (Å²) in [6.07, 6.45) is 3.48. The molecule has 0 amide bonds. The number of H-pyrrole nitrogens is 1. The fourth-order valence-electron chi connectivity index (χ4n) is 2.99. The third kappa shape index (κ3) is 2.62. The zero-order valence-electron chi connectivity index (χ0n) is 13.5. The van der Waals surface area contributed by atoms with Gasteiger partial charge in [-0.15, -0.1) is 11.3 Å². The summed E-state index contributed by atoms with van der Waals surface area (Å²) in [5, 5.41) is 5.12. The highest BCUT2D eigenvalue weighted by molar-refractivity contribution is 7.22. The second-order valence-electron chi connectivity index (χ2n) is 5.94. The first kappa shape index (κ1) is 15.4. The van der Waals surface area contributed by atoms with Crippen LogP contribution in [0.5, 0.6) is 0 Å². The summed E-state index contributed by atoms with van der Waals surface area (Å²) < 4.78 is 1.01. The second kappa shape index (κ2) is 6.12. The van der Waals surface area contributed by atoms with E-state index in [1.807, 2.05) is 42.6 Å². The molecule has 4 nitrogen and oxygen atoms in total. The fraction of sp³-hybridized carbons (Fsp3) is 0. The third-order valence-electron chi connectivity index (χ3n) is 4.26. The summed E-state index contributed by atoms with van der Waals surface area (Å²) in [6, 6.07) is 18.3. The van der Waals surface area contributed by atoms with Crippen molar-refractivity contribution in [1.82, 2.24) is 15.0 Å². The summed E-state index contributed by atoms with van der Waals surface area (Å²) >= 11 is 8.11. The summed E-state index contributed by atoms with van der Waals surface area (Å²) in [4.78, 5) is 13.2. The molecule has 6 heteroatoms. The Labute approximate surface area is 158 Å². The van der Waals surface area contributed by atoms with Crippen LogP contribution in [0.1, 0.15) is 0 Å². The first-order valence-electron chi connectivity index (χ1n) is 8.11. The van der Waals surface area contributed by atoms with Crippen LogP contribution in [0.4, 0.5) is 11.5 Å². The molecule has 0 aliphatic carbocycles. The summed E-state index contributed by atoms with van der Waals surface area (Å²) in [5.74, 6) is 0.763. The minimum absolute atomic E-state index is 0.645. The topological polar surface area (TPSA) is 53.6 Å². The number of aromatic amines is 1. The molecule has 0 spiro atoms. The molecule has 5 aromatic rings. The van der Waals surface area contributed by atoms with Gasteiger partial charge in [-0.05, 0) is 29.8 Å². The summed E-state index contributed by atoms with van der Waals surface area (Å²) in [6.45, 7) is 0. The van der Waals surface area contributed by atoms with Crippen LogP contribution < -0.4 is 5.32 Å². The maximum Gasteiger partial charge on any atom is 0.151 e. The Bertz CT molecular complexity index is 1230. The first-order valence-corrected chi connectivity index (χ1v) is 9.31. The van der Waals surface area contributed by atoms with Gasteiger partial charge in [-0.3, -0.25) is 0 Å². The molecule has 26 heavy (non-hydrogen) atoms. The van der Waals surface area contributed by atoms with Crippen LogP contribution in [0.25, 0.3) is 31.6 Å². The van der Waals surface area contributed by atoms with Gasteiger partial charge in [0.15, 0.2) is 5.82 Å². The number of halogens is 1. The fourth-order valence-corrected chi connectivity index (χ4v) is 4.26. The lowest BCUT2D eigenvalue weighted by atomic mass is 10.2. The molecule has 0 saturated heterocycles. The molecule has 0 bridgehead atoms. The standard InChI is InChI=1S/C20H13ClN4S/c21-14-9-15-13(6-7-22-15)8-16(14)25-20-19-17(23-11-24-20)10-18(26-19)12-4-2-1-3-5-12/h1-11,22H,(H,23,24,25). The number of fused-ring (bicyclic) bond motifs is 2. The highest BCUT2D eigenvalue weighted by Crippen LogP contribution is 2.37. The van der Waals surface area contributed by atoms with Crippen LogP contribution >= 0.6 is 22.9 Å². The third-order valence-corrected chi connectivity index (χ3v) is 5.76. The number of nitrogens with one attached hydrogen (secondary N) is 2. The maximum atomic E-state index is 6.44. The number of benzene rings is 2. The van der Waals surface area contributed by atoms with Gasteiger partial charge in [0.2, 0.25) is 0 Å². The van der Waals surface area contributed by atoms with Crippen molar-refractivity contribution in [2.45, 2.75) is 0 Å². The molecular formula is C20H13ClN4S. The van der Waals surface area contributed by atoms with Gasteiger partial charge in [-0.25, -0.2) is 9.97 Å². The quantitative estimate of drug-likeness (QED) is 0.392. The number of hydrogen-bond donors (Lipinski definition) is 2. The highest BCUT2D eigenvalue weighted by Gasteiger charge is 2.12. The Kier molecular flexibility index (Phi) is 3.62. The Hall–Kier alpha value is -2.89. The molecule has 0 unspecified atom stereocenters. The maximum absolute atomic E-state index is 6.44. The first-order chi connectivity index (χ1) is 12.8. The van der Waals surface area contributed by atoms with Gasteiger partial charge in [0.25, 0.3) is 0 Å². The molecule has 5 rings (SSSR count). The van der Waals surface area contributed by atoms with Crippen molar-refractivity contribution in [1.29, 1.82) is 0 Å². The predicted molar refractivity (Wildman–Crippen MR) is 109 cm³/mol. The van der Waals surface area contributed by atoms with Crippen LogP contribution in [-0.4, -0.2) is 15.0 Å². The zero-order chi connectivity index (χ0) is 17.5. The average Bonchev–Trinajstić information content (AvgIpc) is 3.29. The van der Waals surface area contributed by atoms with E-state index >= 15 is 0 Å². The molecule has 2 N–H and O–H groups in total. The molecule has 2 aromatic carbocycles. The van der Waals surface area contributed by atoms with Crippen LogP contribution in [0.2, 0.25) is 5.02 Å². The van der Waals surface area contributed by atoms with E-state index in [1.54, 1.807) is 17.7 Å². The number of anilines is 2. The molecule has 0 aliphatic heterocycles. The van der Waals surface area contributed by atoms with Crippen molar-refractivity contribution in [2.24, 2.45) is 0 Å². The molecule has 0 fully saturated rings. The lowest BCUT2D eigenvalue weighted by Crippen LogP contribution is -1.95. The van der Waals surface area contributed by atoms with E-state index in [9.17, 15) is 0 Å². The van der Waals surface area contributed by atoms with E-state index < -0.39 is 0 Å². The predicted octanol–water partition coefficient (Wildman–Crippen LogP) is 6.24. The summed E-state index contributed by atoms with van der Waals surface area (Å²) in [5.41, 5.74) is 3.93. The van der Waals surface area contributed by atoms with E-state index in [4.69, 9.17) is 11.6 Å². The molecule has 0 atom stereocenters. The summed E-state index contributed by atoms with van der Waals surface area (Å²) in [7, 11) is 0. The van der Waals surface area contributed by atoms with Crippen molar-refractivity contribution in [2.75, 3.05) is 5.32 Å². The Morgan fingerprint density at radius 1 is 1.00 bits per heavy atom. The molecular weight excluding hydrogens is 364 g/mol. The minimum atomic E-state index is 0.645. The Morgan fingerprint density at radius 3 is 2.77 bits per heavy atom. The van der Waals surface area contributed by atoms with Crippen LogP contribution in [0, 0.1) is 0 Å². The van der Waals surface area contributed by atoms with Gasteiger partial charge in [-0.1, -0.05) is 41.9 Å². The Balaban J connectivity index is 1.60. The molecule has 3 heterocycles. The lowest BCUT2D eigenvalue weighted by molar-refractivity contribution is 1.23. The monoisotopic (exact) mass is 376 g/mol. The van der Waals surface area contributed by atoms with Crippen LogP contribution in [-0.2, 0) is 0 Å². The van der Waals surface area contributed by atoms with Crippen molar-refractivity contribution in [3.8, 4) is 10.4 Å². The molecule has 0 radical (unpaired) electrons. The van der Waals surface area contributed by atoms with Gasteiger partial charge < -0.3 is 10.3 Å². The Morgan fingerprint density at radius 2 is 1.88 bits per heavy atom. The number of rotatable bonds is 3. The van der Waals surface area contributed by atoms with E-state index in [0.717, 1.165) is 37.5 Å². The SMILES string of the molecule is Clc1cc2[nH]ccc2cc1Nc1ncnc2cc(-c3ccccc3)sc12. The van der Waals surface area contributed by atoms with Crippen LogP contribution in [0.15, 0.2) is 67.1 Å². The largest absolute Gasteiger partial charge is 0.361 e. The normalized spacial score (nSPS) is 11.3. The highest BCUT2D eigenvalue weighted by atomic mass is 35.5. The van der Waals surface area contributed by atoms with Crippen molar-refractivity contribution >= 4 is 55.6 Å². The van der Waals surface area contributed by atoms with Gasteiger partial charge in [0, 0.05) is 22.0 Å². The zero-order valence-corrected chi connectivity index (χ0v) is 15.1. The van der Waals surface area contributed by atoms with Crippen molar-refractivity contribution in [3.05, 3.63) is 72.1 Å². The average molecular weight is 377 g/mol. The smallest absolute Gasteiger partial charge is 0.151 e. The van der Waals surface area contributed by atoms with Gasteiger partial charge in [-0.2, -0.15) is 0 Å². The van der Waals surface area contributed by atoms with E-state index in [1.165, 1.54) is 5.56 Å². The van der Waals surface area contributed by atoms with Crippen molar-refractivity contribution < 1.29 is 0 Å². The molecule has 0 aliphatic rings. The van der Waals surface area contributed by atoms with E-state index in [0.29, 0.717) is 5.02 Å². The molecule has 3 aromatic heterocycles.